The molecule has 0 saturated heterocycles. The first kappa shape index (κ1) is 24.4. The van der Waals surface area contributed by atoms with Crippen LogP contribution in [0.15, 0.2) is 164 Å². The van der Waals surface area contributed by atoms with Gasteiger partial charge >= 0.3 is 0 Å². The van der Waals surface area contributed by atoms with Gasteiger partial charge in [-0.05, 0) is 53.9 Å². The molecule has 0 spiro atoms. The molecule has 10 rings (SSSR count). The number of hydrogen-bond acceptors (Lipinski definition) is 0. The van der Waals surface area contributed by atoms with Crippen LogP contribution in [0.5, 0.6) is 0 Å². The highest BCUT2D eigenvalue weighted by atomic mass is 15.1. The summed E-state index contributed by atoms with van der Waals surface area (Å²) in [5.41, 5.74) is 9.54. The van der Waals surface area contributed by atoms with E-state index >= 15 is 0 Å². The Morgan fingerprint density at radius 1 is 0.333 bits per heavy atom. The van der Waals surface area contributed by atoms with E-state index in [2.05, 4.69) is 178 Å². The average molecular weight is 574 g/mol. The summed E-state index contributed by atoms with van der Waals surface area (Å²) >= 11 is 0. The van der Waals surface area contributed by atoms with E-state index in [1.807, 2.05) is 0 Å². The van der Waals surface area contributed by atoms with Crippen LogP contribution >= 0.6 is 0 Å². The topological polar surface area (TPSA) is 14.8 Å². The number of nitrogens with zero attached hydrogens (tertiary/aromatic N) is 3. The Morgan fingerprint density at radius 3 is 1.60 bits per heavy atom. The van der Waals surface area contributed by atoms with Crippen molar-refractivity contribution in [3.8, 4) is 17.1 Å². The van der Waals surface area contributed by atoms with Crippen LogP contribution in [-0.4, -0.2) is 13.7 Å². The fourth-order valence-corrected chi connectivity index (χ4v) is 7.49. The minimum atomic E-state index is 1.15. The van der Waals surface area contributed by atoms with Gasteiger partial charge in [0, 0.05) is 49.9 Å². The van der Waals surface area contributed by atoms with Gasteiger partial charge in [-0.3, -0.25) is 0 Å². The Morgan fingerprint density at radius 2 is 0.889 bits per heavy atom. The van der Waals surface area contributed by atoms with Crippen LogP contribution in [0, 0.1) is 0 Å². The van der Waals surface area contributed by atoms with E-state index in [0.29, 0.717) is 0 Å². The molecule has 45 heavy (non-hydrogen) atoms. The Balaban J connectivity index is 1.39. The Hall–Kier alpha value is -6.06. The monoisotopic (exact) mass is 573 g/mol. The molecule has 0 N–H and O–H groups in total. The van der Waals surface area contributed by atoms with Gasteiger partial charge in [-0.2, -0.15) is 0 Å². The first-order valence-electron chi connectivity index (χ1n) is 15.5. The molecule has 0 aliphatic carbocycles. The number of benzene rings is 7. The van der Waals surface area contributed by atoms with Gasteiger partial charge in [-0.15, -0.1) is 0 Å². The van der Waals surface area contributed by atoms with Crippen LogP contribution in [0.25, 0.3) is 82.3 Å². The molecule has 3 heteroatoms. The van der Waals surface area contributed by atoms with Crippen molar-refractivity contribution in [3.05, 3.63) is 164 Å². The van der Waals surface area contributed by atoms with Crippen LogP contribution in [0.4, 0.5) is 0 Å². The Labute approximate surface area is 259 Å². The zero-order valence-electron chi connectivity index (χ0n) is 24.4. The van der Waals surface area contributed by atoms with Gasteiger partial charge in [0.25, 0.3) is 0 Å². The lowest BCUT2D eigenvalue weighted by molar-refractivity contribution is 1.10. The molecule has 3 heterocycles. The largest absolute Gasteiger partial charge is 0.314 e. The van der Waals surface area contributed by atoms with Crippen molar-refractivity contribution < 1.29 is 0 Å². The van der Waals surface area contributed by atoms with Crippen LogP contribution in [-0.2, 0) is 0 Å². The Kier molecular flexibility index (Phi) is 5.00. The highest BCUT2D eigenvalue weighted by Crippen LogP contribution is 2.42. The molecule has 210 valence electrons. The highest BCUT2D eigenvalue weighted by Gasteiger charge is 2.21. The molecule has 0 atom stereocenters. The maximum atomic E-state index is 2.48. The van der Waals surface area contributed by atoms with Gasteiger partial charge < -0.3 is 13.7 Å². The maximum absolute atomic E-state index is 2.48. The Bertz CT molecular complexity index is 2740. The van der Waals surface area contributed by atoms with E-state index in [9.17, 15) is 0 Å². The van der Waals surface area contributed by atoms with Gasteiger partial charge in [0.1, 0.15) is 0 Å². The quantitative estimate of drug-likeness (QED) is 0.200. The van der Waals surface area contributed by atoms with Crippen LogP contribution in [0.3, 0.4) is 0 Å². The molecule has 7 aromatic carbocycles. The molecule has 0 unspecified atom stereocenters. The van der Waals surface area contributed by atoms with Crippen molar-refractivity contribution in [2.24, 2.45) is 0 Å². The predicted molar refractivity (Wildman–Crippen MR) is 189 cm³/mol. The lowest BCUT2D eigenvalue weighted by atomic mass is 10.1. The fraction of sp³-hybridized carbons (Fsp3) is 0. The van der Waals surface area contributed by atoms with E-state index in [4.69, 9.17) is 0 Å². The van der Waals surface area contributed by atoms with Gasteiger partial charge in [0.05, 0.1) is 33.3 Å². The molecule has 0 bridgehead atoms. The molecule has 10 aromatic rings. The lowest BCUT2D eigenvalue weighted by Gasteiger charge is -2.09. The summed E-state index contributed by atoms with van der Waals surface area (Å²) in [6.07, 6.45) is 2.33. The van der Waals surface area contributed by atoms with Crippen LogP contribution in [0.1, 0.15) is 0 Å². The number of para-hydroxylation sites is 4. The third-order valence-electron chi connectivity index (χ3n) is 9.42. The normalized spacial score (nSPS) is 12.0. The summed E-state index contributed by atoms with van der Waals surface area (Å²) in [5.74, 6) is 0. The summed E-state index contributed by atoms with van der Waals surface area (Å²) < 4.78 is 7.26. The van der Waals surface area contributed by atoms with E-state index in [1.54, 1.807) is 0 Å². The summed E-state index contributed by atoms with van der Waals surface area (Å²) in [7, 11) is 0. The van der Waals surface area contributed by atoms with E-state index in [0.717, 1.165) is 11.4 Å². The second-order valence-electron chi connectivity index (χ2n) is 11.8. The van der Waals surface area contributed by atoms with Gasteiger partial charge in [0.2, 0.25) is 0 Å². The SMILES string of the molecule is c1ccc(-n2cc(-n3c4ccccc4c4cc5c6ccccc6n(-c6ccccc6)c5cc43)c3ccc4ccccc4c32)cc1. The number of aromatic nitrogens is 3. The minimum Gasteiger partial charge on any atom is -0.314 e. The molecule has 0 aliphatic rings. The molecule has 0 saturated carbocycles. The molecule has 0 radical (unpaired) electrons. The fourth-order valence-electron chi connectivity index (χ4n) is 7.49. The standard InChI is InChI=1S/C42H27N3/c1-3-14-29(15-4-1)43-27-41(34-24-23-28-13-7-8-18-31(28)42(34)43)45-38-22-12-10-20-33(38)36-25-35-32-19-9-11-21-37(32)44(39(35)26-40(36)45)30-16-5-2-6-17-30/h1-27H. The maximum Gasteiger partial charge on any atom is 0.0722 e. The first-order chi connectivity index (χ1) is 22.3. The van der Waals surface area contributed by atoms with Gasteiger partial charge in [-0.1, -0.05) is 109 Å². The van der Waals surface area contributed by atoms with Crippen molar-refractivity contribution in [1.82, 2.24) is 13.7 Å². The van der Waals surface area contributed by atoms with Crippen molar-refractivity contribution in [1.29, 1.82) is 0 Å². The molecule has 3 nitrogen and oxygen atoms in total. The van der Waals surface area contributed by atoms with Gasteiger partial charge in [0.15, 0.2) is 0 Å². The summed E-state index contributed by atoms with van der Waals surface area (Å²) in [6, 6.07) is 57.1. The highest BCUT2D eigenvalue weighted by molar-refractivity contribution is 6.20. The van der Waals surface area contributed by atoms with Crippen molar-refractivity contribution >= 4 is 65.3 Å². The molecule has 0 fully saturated rings. The number of hydrogen-bond donors (Lipinski definition) is 0. The van der Waals surface area contributed by atoms with E-state index in [1.165, 1.54) is 71.0 Å². The molecule has 0 amide bonds. The second-order valence-corrected chi connectivity index (χ2v) is 11.8. The third-order valence-corrected chi connectivity index (χ3v) is 9.42. The third kappa shape index (κ3) is 3.41. The van der Waals surface area contributed by atoms with E-state index in [-0.39, 0.29) is 0 Å². The minimum absolute atomic E-state index is 1.15. The van der Waals surface area contributed by atoms with Crippen molar-refractivity contribution in [2.75, 3.05) is 0 Å². The molecule has 0 aliphatic heterocycles. The summed E-state index contributed by atoms with van der Waals surface area (Å²) in [6.45, 7) is 0. The zero-order valence-corrected chi connectivity index (χ0v) is 24.4. The second kappa shape index (κ2) is 9.22. The van der Waals surface area contributed by atoms with Crippen LogP contribution in [0.2, 0.25) is 0 Å². The van der Waals surface area contributed by atoms with Gasteiger partial charge in [-0.25, -0.2) is 0 Å². The average Bonchev–Trinajstić information content (AvgIpc) is 3.75. The molecule has 3 aromatic heterocycles. The first-order valence-corrected chi connectivity index (χ1v) is 15.5. The predicted octanol–water partition coefficient (Wildman–Crippen LogP) is 11.0. The lowest BCUT2D eigenvalue weighted by Crippen LogP contribution is -1.95. The van der Waals surface area contributed by atoms with Crippen molar-refractivity contribution in [2.45, 2.75) is 0 Å². The molecular weight excluding hydrogens is 546 g/mol. The van der Waals surface area contributed by atoms with Crippen LogP contribution < -0.4 is 0 Å². The number of rotatable bonds is 3. The summed E-state index contributed by atoms with van der Waals surface area (Å²) in [4.78, 5) is 0. The number of fused-ring (bicyclic) bond motifs is 9. The van der Waals surface area contributed by atoms with Crippen molar-refractivity contribution in [3.63, 3.8) is 0 Å². The zero-order chi connectivity index (χ0) is 29.5. The van der Waals surface area contributed by atoms with E-state index < -0.39 is 0 Å². The summed E-state index contributed by atoms with van der Waals surface area (Å²) in [5, 5.41) is 8.76. The molecular formula is C42H27N3. The smallest absolute Gasteiger partial charge is 0.0722 e.